The number of piperazine rings is 1. The number of rotatable bonds is 9. The van der Waals surface area contributed by atoms with Gasteiger partial charge in [-0.15, -0.1) is 0 Å². The lowest BCUT2D eigenvalue weighted by molar-refractivity contribution is 0.387. The lowest BCUT2D eigenvalue weighted by Gasteiger charge is -2.36. The molecule has 0 amide bonds. The second-order valence-electron chi connectivity index (χ2n) is 11.5. The molecule has 5 aromatic rings. The Morgan fingerprint density at radius 3 is 2.38 bits per heavy atom. The number of sulfonamides is 1. The Bertz CT molecular complexity index is 2130. The molecule has 0 radical (unpaired) electrons. The standard InChI is InChI=1S/C30H34BrN10O4PS/c1-39-18-19(16-35-39)20-14-24(26(45-2)15-25(20)40-10-12-41(13-11-40)47(5,43)44)37-30-34-17-21(31)29(38-30)36-23-7-6-22-27(33-9-8-32-22)28(23)46(3,4)42/h6-9,14-18H,10-13H2,1-5H3,(H2,34,36,37,38). The monoisotopic (exact) mass is 740 g/mol. The molecular weight excluding hydrogens is 707 g/mol. The number of ether oxygens (including phenoxy) is 1. The molecule has 0 saturated carbocycles. The van der Waals surface area contributed by atoms with E-state index in [0.717, 1.165) is 16.8 Å². The van der Waals surface area contributed by atoms with Gasteiger partial charge in [0.05, 0.1) is 46.2 Å². The van der Waals surface area contributed by atoms with Gasteiger partial charge < -0.3 is 24.8 Å². The Kier molecular flexibility index (Phi) is 8.96. The molecule has 0 unspecified atom stereocenters. The number of nitrogens with zero attached hydrogens (tertiary/aromatic N) is 8. The van der Waals surface area contributed by atoms with Crippen LogP contribution in [0, 0.1) is 0 Å². The molecule has 4 heterocycles. The van der Waals surface area contributed by atoms with Gasteiger partial charge in [-0.1, -0.05) is 0 Å². The highest BCUT2D eigenvalue weighted by Crippen LogP contribution is 2.42. The largest absolute Gasteiger partial charge is 0.494 e. The van der Waals surface area contributed by atoms with Gasteiger partial charge in [0.25, 0.3) is 0 Å². The number of hydrogen-bond donors (Lipinski definition) is 2. The number of anilines is 5. The summed E-state index contributed by atoms with van der Waals surface area (Å²) in [5, 5.41) is 11.6. The highest BCUT2D eigenvalue weighted by atomic mass is 79.9. The van der Waals surface area contributed by atoms with Crippen LogP contribution < -0.4 is 25.6 Å². The molecule has 0 bridgehead atoms. The van der Waals surface area contributed by atoms with Crippen molar-refractivity contribution in [3.63, 3.8) is 0 Å². The fourth-order valence-corrected chi connectivity index (χ4v) is 8.09. The van der Waals surface area contributed by atoms with Crippen LogP contribution in [0.1, 0.15) is 0 Å². The van der Waals surface area contributed by atoms with E-state index in [1.165, 1.54) is 10.6 Å². The predicted octanol–water partition coefficient (Wildman–Crippen LogP) is 4.41. The van der Waals surface area contributed by atoms with Gasteiger partial charge in [0, 0.05) is 80.9 Å². The fourth-order valence-electron chi connectivity index (χ4n) is 5.58. The summed E-state index contributed by atoms with van der Waals surface area (Å²) < 4.78 is 47.3. The number of aromatic nitrogens is 6. The van der Waals surface area contributed by atoms with Crippen LogP contribution in [0.25, 0.3) is 22.2 Å². The van der Waals surface area contributed by atoms with E-state index < -0.39 is 17.2 Å². The topological polar surface area (TPSA) is 160 Å². The van der Waals surface area contributed by atoms with Crippen molar-refractivity contribution in [3.05, 3.63) is 59.7 Å². The predicted molar refractivity (Wildman–Crippen MR) is 189 cm³/mol. The molecule has 0 aliphatic carbocycles. The number of aryl methyl sites for hydroxylation is 1. The summed E-state index contributed by atoms with van der Waals surface area (Å²) in [4.78, 5) is 20.2. The van der Waals surface area contributed by atoms with Crippen LogP contribution in [0.4, 0.5) is 28.8 Å². The van der Waals surface area contributed by atoms with Crippen molar-refractivity contribution in [2.24, 2.45) is 7.05 Å². The maximum atomic E-state index is 13.4. The first-order valence-electron chi connectivity index (χ1n) is 14.6. The van der Waals surface area contributed by atoms with Crippen LogP contribution in [-0.2, 0) is 21.6 Å². The third kappa shape index (κ3) is 6.96. The summed E-state index contributed by atoms with van der Waals surface area (Å²) in [7, 11) is -2.63. The van der Waals surface area contributed by atoms with E-state index in [1.54, 1.807) is 49.9 Å². The minimum atomic E-state index is -3.27. The van der Waals surface area contributed by atoms with Gasteiger partial charge in [0.1, 0.15) is 24.2 Å². The summed E-state index contributed by atoms with van der Waals surface area (Å²) in [6.45, 7) is 5.20. The van der Waals surface area contributed by atoms with Crippen molar-refractivity contribution in [1.82, 2.24) is 34.0 Å². The number of methoxy groups -OCH3 is 1. The van der Waals surface area contributed by atoms with Crippen molar-refractivity contribution in [2.75, 3.05) is 68.4 Å². The third-order valence-corrected chi connectivity index (χ3v) is 11.2. The lowest BCUT2D eigenvalue weighted by Crippen LogP contribution is -2.48. The van der Waals surface area contributed by atoms with Gasteiger partial charge in [0.2, 0.25) is 16.0 Å². The van der Waals surface area contributed by atoms with Crippen LogP contribution in [-0.4, -0.2) is 95.3 Å². The maximum absolute atomic E-state index is 13.4. The van der Waals surface area contributed by atoms with Gasteiger partial charge in [0.15, 0.2) is 0 Å². The van der Waals surface area contributed by atoms with Crippen molar-refractivity contribution < 1.29 is 17.7 Å². The van der Waals surface area contributed by atoms with Gasteiger partial charge in [-0.25, -0.2) is 13.4 Å². The molecule has 1 saturated heterocycles. The molecule has 6 rings (SSSR count). The minimum Gasteiger partial charge on any atom is -0.494 e. The van der Waals surface area contributed by atoms with Crippen LogP contribution in [0.5, 0.6) is 5.75 Å². The molecule has 0 spiro atoms. The zero-order valence-corrected chi connectivity index (χ0v) is 29.8. The van der Waals surface area contributed by atoms with Gasteiger partial charge in [-0.2, -0.15) is 14.4 Å². The Hall–Kier alpha value is -4.11. The Balaban J connectivity index is 1.36. The zero-order valence-electron chi connectivity index (χ0n) is 26.5. The van der Waals surface area contributed by atoms with Crippen molar-refractivity contribution in [2.45, 2.75) is 0 Å². The summed E-state index contributed by atoms with van der Waals surface area (Å²) in [6.07, 6.45) is 9.76. The van der Waals surface area contributed by atoms with Crippen LogP contribution in [0.2, 0.25) is 0 Å². The van der Waals surface area contributed by atoms with E-state index in [9.17, 15) is 13.0 Å². The van der Waals surface area contributed by atoms with E-state index in [1.807, 2.05) is 37.5 Å². The molecule has 1 fully saturated rings. The average Bonchev–Trinajstić information content (AvgIpc) is 3.47. The molecule has 2 aromatic carbocycles. The number of fused-ring (bicyclic) bond motifs is 1. The molecule has 3 aromatic heterocycles. The SMILES string of the molecule is COc1cc(N2CCN(S(C)(=O)=O)CC2)c(-c2cnn(C)c2)cc1Nc1ncc(Br)c(Nc2ccc3nccnc3c2P(C)(C)=O)n1. The molecule has 14 nitrogen and oxygen atoms in total. The summed E-state index contributed by atoms with van der Waals surface area (Å²) in [5.74, 6) is 1.29. The molecule has 1 aliphatic rings. The molecular formula is C30H34BrN10O4PS. The van der Waals surface area contributed by atoms with E-state index >= 15 is 0 Å². The number of nitrogens with one attached hydrogen (secondary N) is 2. The second-order valence-corrected chi connectivity index (χ2v) is 17.5. The molecule has 2 N–H and O–H groups in total. The first-order chi connectivity index (χ1) is 22.3. The number of benzene rings is 2. The maximum Gasteiger partial charge on any atom is 0.229 e. The fraction of sp³-hybridized carbons (Fsp3) is 0.300. The second kappa shape index (κ2) is 12.8. The normalized spacial score (nSPS) is 14.4. The van der Waals surface area contributed by atoms with Crippen LogP contribution >= 0.6 is 23.1 Å². The summed E-state index contributed by atoms with van der Waals surface area (Å²) in [5.41, 5.74) is 5.10. The third-order valence-electron chi connectivity index (χ3n) is 7.78. The molecule has 1 aliphatic heterocycles. The number of halogens is 1. The quantitative estimate of drug-likeness (QED) is 0.205. The van der Waals surface area contributed by atoms with Crippen LogP contribution in [0.3, 0.4) is 0 Å². The van der Waals surface area contributed by atoms with E-state index in [-0.39, 0.29) is 0 Å². The summed E-state index contributed by atoms with van der Waals surface area (Å²) in [6, 6.07) is 7.54. The first kappa shape index (κ1) is 32.8. The highest BCUT2D eigenvalue weighted by molar-refractivity contribution is 9.10. The molecule has 246 valence electrons. The smallest absolute Gasteiger partial charge is 0.229 e. The summed E-state index contributed by atoms with van der Waals surface area (Å²) >= 11 is 3.55. The molecule has 17 heteroatoms. The Morgan fingerprint density at radius 2 is 1.72 bits per heavy atom. The van der Waals surface area contributed by atoms with Crippen molar-refractivity contribution in [3.8, 4) is 16.9 Å². The molecule has 47 heavy (non-hydrogen) atoms. The highest BCUT2D eigenvalue weighted by Gasteiger charge is 2.27. The lowest BCUT2D eigenvalue weighted by atomic mass is 10.0. The first-order valence-corrected chi connectivity index (χ1v) is 19.8. The average molecular weight is 742 g/mol. The zero-order chi connectivity index (χ0) is 33.5. The van der Waals surface area contributed by atoms with E-state index in [2.05, 4.69) is 51.5 Å². The van der Waals surface area contributed by atoms with E-state index in [4.69, 9.17) is 9.72 Å². The van der Waals surface area contributed by atoms with Gasteiger partial charge in [-0.05, 0) is 47.5 Å². The van der Waals surface area contributed by atoms with E-state index in [0.29, 0.717) is 75.9 Å². The van der Waals surface area contributed by atoms with Crippen LogP contribution in [0.15, 0.2) is 59.7 Å². The number of hydrogen-bond acceptors (Lipinski definition) is 12. The van der Waals surface area contributed by atoms with Crippen molar-refractivity contribution >= 4 is 78.3 Å². The Morgan fingerprint density at radius 1 is 0.979 bits per heavy atom. The Labute approximate surface area is 281 Å². The molecule has 0 atom stereocenters. The van der Waals surface area contributed by atoms with Crippen molar-refractivity contribution in [1.29, 1.82) is 0 Å². The van der Waals surface area contributed by atoms with Gasteiger partial charge in [-0.3, -0.25) is 14.6 Å². The minimum absolute atomic E-state index is 0.291. The van der Waals surface area contributed by atoms with Gasteiger partial charge >= 0.3 is 0 Å².